The van der Waals surface area contributed by atoms with Gasteiger partial charge in [0.05, 0.1) is 4.88 Å². The standard InChI is InChI=1S/C12H9OS.C5H5.Fe/c13-11(12-6-3-9-14-12)8-7-10-4-1-2-5-10;1-2-4-5-3-1;/h1-9H;1-5H;/q2*-1;+2. The van der Waals surface area contributed by atoms with E-state index < -0.39 is 0 Å². The summed E-state index contributed by atoms with van der Waals surface area (Å²) in [5, 5.41) is 1.91. The van der Waals surface area contributed by atoms with Gasteiger partial charge >= 0.3 is 17.1 Å². The van der Waals surface area contributed by atoms with Gasteiger partial charge in [-0.3, -0.25) is 4.79 Å². The summed E-state index contributed by atoms with van der Waals surface area (Å²) in [5.74, 6) is 0.0706. The molecule has 1 nitrogen and oxygen atoms in total. The molecule has 0 radical (unpaired) electrons. The summed E-state index contributed by atoms with van der Waals surface area (Å²) in [6, 6.07) is 21.6. The van der Waals surface area contributed by atoms with E-state index in [2.05, 4.69) is 0 Å². The zero-order valence-electron chi connectivity index (χ0n) is 10.8. The van der Waals surface area contributed by atoms with E-state index in [-0.39, 0.29) is 22.9 Å². The summed E-state index contributed by atoms with van der Waals surface area (Å²) in [7, 11) is 0. The van der Waals surface area contributed by atoms with E-state index in [9.17, 15) is 4.79 Å². The molecule has 1 heterocycles. The molecule has 3 aromatic rings. The molecule has 0 amide bonds. The SMILES string of the molecule is O=C(C=C[c-]1cccc1)c1cccs1.[Fe+2].c1cc[cH-]c1. The van der Waals surface area contributed by atoms with Crippen LogP contribution in [0.3, 0.4) is 0 Å². The molecule has 0 saturated carbocycles. The zero-order chi connectivity index (χ0) is 13.3. The Hall–Kier alpha value is -1.67. The van der Waals surface area contributed by atoms with Crippen LogP contribution in [0.4, 0.5) is 0 Å². The first-order valence-electron chi connectivity index (χ1n) is 6.00. The Morgan fingerprint density at radius 3 is 2.30 bits per heavy atom. The molecular weight excluding hydrogens is 308 g/mol. The number of thiophene rings is 1. The third-order valence-corrected chi connectivity index (χ3v) is 3.32. The molecule has 0 aliphatic rings. The maximum atomic E-state index is 11.5. The minimum atomic E-state index is 0. The van der Waals surface area contributed by atoms with Crippen molar-refractivity contribution in [3.8, 4) is 0 Å². The van der Waals surface area contributed by atoms with Crippen molar-refractivity contribution in [2.24, 2.45) is 0 Å². The molecule has 0 aliphatic heterocycles. The Balaban J connectivity index is 0.000000283. The van der Waals surface area contributed by atoms with Gasteiger partial charge in [-0.05, 0) is 11.4 Å². The number of rotatable bonds is 3. The van der Waals surface area contributed by atoms with Gasteiger partial charge in [0.15, 0.2) is 5.78 Å². The molecule has 0 saturated heterocycles. The van der Waals surface area contributed by atoms with Crippen molar-refractivity contribution >= 4 is 23.2 Å². The van der Waals surface area contributed by atoms with E-state index in [1.807, 2.05) is 78.2 Å². The molecule has 1 aromatic heterocycles. The van der Waals surface area contributed by atoms with Crippen molar-refractivity contribution in [3.05, 3.63) is 88.6 Å². The Labute approximate surface area is 133 Å². The van der Waals surface area contributed by atoms with Gasteiger partial charge in [-0.25, -0.2) is 12.1 Å². The van der Waals surface area contributed by atoms with Crippen molar-refractivity contribution < 1.29 is 21.9 Å². The predicted octanol–water partition coefficient (Wildman–Crippen LogP) is 4.77. The summed E-state index contributed by atoms with van der Waals surface area (Å²) < 4.78 is 0. The number of hydrogen-bond donors (Lipinski definition) is 0. The molecule has 0 spiro atoms. The summed E-state index contributed by atoms with van der Waals surface area (Å²) in [6.07, 6.45) is 3.45. The Bertz CT molecular complexity index is 572. The predicted molar refractivity (Wildman–Crippen MR) is 81.8 cm³/mol. The van der Waals surface area contributed by atoms with Gasteiger partial charge < -0.3 is 0 Å². The van der Waals surface area contributed by atoms with Crippen LogP contribution in [0, 0.1) is 0 Å². The topological polar surface area (TPSA) is 17.1 Å². The first-order valence-corrected chi connectivity index (χ1v) is 6.88. The fourth-order valence-electron chi connectivity index (χ4n) is 1.49. The molecule has 0 fully saturated rings. The van der Waals surface area contributed by atoms with Crippen molar-refractivity contribution in [2.75, 3.05) is 0 Å². The third-order valence-electron chi connectivity index (χ3n) is 2.44. The number of carbonyl (C=O) groups excluding carboxylic acids is 1. The average molecular weight is 322 g/mol. The Morgan fingerprint density at radius 2 is 1.80 bits per heavy atom. The van der Waals surface area contributed by atoms with Crippen LogP contribution in [0.5, 0.6) is 0 Å². The van der Waals surface area contributed by atoms with E-state index >= 15 is 0 Å². The quantitative estimate of drug-likeness (QED) is 0.294. The first kappa shape index (κ1) is 16.4. The fourth-order valence-corrected chi connectivity index (χ4v) is 2.14. The van der Waals surface area contributed by atoms with Crippen LogP contribution in [-0.4, -0.2) is 5.78 Å². The van der Waals surface area contributed by atoms with Gasteiger partial charge in [-0.1, -0.05) is 12.1 Å². The second-order valence-electron chi connectivity index (χ2n) is 3.86. The smallest absolute Gasteiger partial charge is 0.299 e. The maximum Gasteiger partial charge on any atom is 2.00 e. The van der Waals surface area contributed by atoms with Crippen LogP contribution < -0.4 is 0 Å². The number of carbonyl (C=O) groups is 1. The Kier molecular flexibility index (Phi) is 7.59. The maximum absolute atomic E-state index is 11.5. The van der Waals surface area contributed by atoms with Gasteiger partial charge in [-0.2, -0.15) is 30.3 Å². The van der Waals surface area contributed by atoms with Gasteiger partial charge in [-0.15, -0.1) is 35.1 Å². The molecule has 2 aromatic carbocycles. The summed E-state index contributed by atoms with van der Waals surface area (Å²) in [6.45, 7) is 0. The fraction of sp³-hybridized carbons (Fsp3) is 0. The van der Waals surface area contributed by atoms with E-state index in [1.165, 1.54) is 11.3 Å². The second-order valence-corrected chi connectivity index (χ2v) is 4.80. The second kappa shape index (κ2) is 9.27. The van der Waals surface area contributed by atoms with Gasteiger partial charge in [0.1, 0.15) is 0 Å². The molecule has 20 heavy (non-hydrogen) atoms. The number of allylic oxidation sites excluding steroid dienone is 1. The monoisotopic (exact) mass is 322 g/mol. The van der Waals surface area contributed by atoms with Crippen molar-refractivity contribution in [1.29, 1.82) is 0 Å². The normalized spacial score (nSPS) is 9.60. The van der Waals surface area contributed by atoms with Gasteiger partial charge in [0.2, 0.25) is 0 Å². The van der Waals surface area contributed by atoms with Crippen LogP contribution in [0.25, 0.3) is 6.08 Å². The van der Waals surface area contributed by atoms with Crippen molar-refractivity contribution in [2.45, 2.75) is 0 Å². The molecule has 0 unspecified atom stereocenters. The van der Waals surface area contributed by atoms with Crippen LogP contribution >= 0.6 is 11.3 Å². The van der Waals surface area contributed by atoms with Crippen LogP contribution in [0.15, 0.2) is 78.2 Å². The number of ketones is 1. The van der Waals surface area contributed by atoms with Crippen LogP contribution in [0.2, 0.25) is 0 Å². The minimum absolute atomic E-state index is 0. The summed E-state index contributed by atoms with van der Waals surface area (Å²) >= 11 is 1.47. The van der Waals surface area contributed by atoms with Gasteiger partial charge in [0, 0.05) is 0 Å². The largest absolute Gasteiger partial charge is 2.00 e. The van der Waals surface area contributed by atoms with Crippen molar-refractivity contribution in [3.63, 3.8) is 0 Å². The van der Waals surface area contributed by atoms with E-state index in [0.29, 0.717) is 0 Å². The van der Waals surface area contributed by atoms with E-state index in [0.717, 1.165) is 10.4 Å². The van der Waals surface area contributed by atoms with Crippen molar-refractivity contribution in [1.82, 2.24) is 0 Å². The summed E-state index contributed by atoms with van der Waals surface area (Å²) in [4.78, 5) is 12.3. The van der Waals surface area contributed by atoms with Crippen LogP contribution in [-0.2, 0) is 17.1 Å². The van der Waals surface area contributed by atoms with Crippen LogP contribution in [0.1, 0.15) is 15.2 Å². The molecule has 3 rings (SSSR count). The molecule has 0 N–H and O–H groups in total. The van der Waals surface area contributed by atoms with Gasteiger partial charge in [0.25, 0.3) is 0 Å². The van der Waals surface area contributed by atoms with E-state index in [1.54, 1.807) is 6.08 Å². The summed E-state index contributed by atoms with van der Waals surface area (Å²) in [5.41, 5.74) is 1.06. The molecular formula is C17H14FeOS. The molecule has 0 atom stereocenters. The molecule has 0 bridgehead atoms. The first-order chi connectivity index (χ1) is 9.36. The zero-order valence-corrected chi connectivity index (χ0v) is 12.7. The molecule has 0 aliphatic carbocycles. The van der Waals surface area contributed by atoms with E-state index in [4.69, 9.17) is 0 Å². The molecule has 3 heteroatoms. The number of hydrogen-bond acceptors (Lipinski definition) is 2. The third kappa shape index (κ3) is 5.54. The minimum Gasteiger partial charge on any atom is -0.299 e. The molecule has 102 valence electrons. The Morgan fingerprint density at radius 1 is 1.10 bits per heavy atom. The average Bonchev–Trinajstić information content (AvgIpc) is 3.21.